The minimum absolute atomic E-state index is 0.00528. The van der Waals surface area contributed by atoms with Crippen molar-refractivity contribution in [1.82, 2.24) is 15.1 Å². The van der Waals surface area contributed by atoms with E-state index in [1.165, 1.54) is 0 Å². The lowest BCUT2D eigenvalue weighted by atomic mass is 9.85. The fourth-order valence-corrected chi connectivity index (χ4v) is 3.09. The Bertz CT molecular complexity index is 290. The van der Waals surface area contributed by atoms with Crippen LogP contribution in [0.5, 0.6) is 0 Å². The first-order chi connectivity index (χ1) is 7.48. The summed E-state index contributed by atoms with van der Waals surface area (Å²) in [6.07, 6.45) is 0. The lowest BCUT2D eigenvalue weighted by Gasteiger charge is -2.37. The van der Waals surface area contributed by atoms with Gasteiger partial charge in [0.05, 0.1) is 0 Å². The minimum atomic E-state index is -0.00528. The van der Waals surface area contributed by atoms with Gasteiger partial charge in [-0.05, 0) is 32.6 Å². The van der Waals surface area contributed by atoms with E-state index in [4.69, 9.17) is 0 Å². The van der Waals surface area contributed by atoms with Crippen molar-refractivity contribution >= 4 is 6.03 Å². The van der Waals surface area contributed by atoms with Gasteiger partial charge in [0.25, 0.3) is 0 Å². The summed E-state index contributed by atoms with van der Waals surface area (Å²) in [6, 6.07) is 0.182. The van der Waals surface area contributed by atoms with E-state index in [0.717, 1.165) is 26.2 Å². The van der Waals surface area contributed by atoms with Crippen LogP contribution in [0, 0.1) is 11.8 Å². The standard InChI is InChI=1S/C12H23N3O/c1-5-14(4)11(16)15-8-9-6-13-7-10(9)12(15,2)3/h9-10,13H,5-8H2,1-4H3. The zero-order chi connectivity index (χ0) is 11.9. The average molecular weight is 225 g/mol. The molecule has 0 radical (unpaired) electrons. The van der Waals surface area contributed by atoms with Gasteiger partial charge in [0.15, 0.2) is 0 Å². The van der Waals surface area contributed by atoms with E-state index in [1.807, 2.05) is 14.0 Å². The van der Waals surface area contributed by atoms with Crippen molar-refractivity contribution in [2.75, 3.05) is 33.2 Å². The average Bonchev–Trinajstić information content (AvgIpc) is 2.79. The molecule has 0 aromatic heterocycles. The molecule has 2 aliphatic rings. The Kier molecular flexibility index (Phi) is 2.86. The van der Waals surface area contributed by atoms with Crippen LogP contribution in [-0.2, 0) is 0 Å². The van der Waals surface area contributed by atoms with Crippen molar-refractivity contribution in [3.8, 4) is 0 Å². The molecule has 2 heterocycles. The van der Waals surface area contributed by atoms with Crippen LogP contribution in [0.25, 0.3) is 0 Å². The molecule has 2 fully saturated rings. The number of nitrogens with one attached hydrogen (secondary N) is 1. The Labute approximate surface area is 98.0 Å². The van der Waals surface area contributed by atoms with E-state index in [1.54, 1.807) is 4.90 Å². The van der Waals surface area contributed by atoms with Gasteiger partial charge < -0.3 is 15.1 Å². The number of hydrogen-bond donors (Lipinski definition) is 1. The molecule has 0 saturated carbocycles. The third kappa shape index (κ3) is 1.59. The van der Waals surface area contributed by atoms with Crippen molar-refractivity contribution in [2.24, 2.45) is 11.8 Å². The summed E-state index contributed by atoms with van der Waals surface area (Å²) in [4.78, 5) is 16.1. The van der Waals surface area contributed by atoms with Crippen molar-refractivity contribution < 1.29 is 4.79 Å². The zero-order valence-electron chi connectivity index (χ0n) is 10.8. The Balaban J connectivity index is 2.15. The van der Waals surface area contributed by atoms with Crippen LogP contribution in [0.4, 0.5) is 4.79 Å². The van der Waals surface area contributed by atoms with Crippen molar-refractivity contribution in [3.63, 3.8) is 0 Å². The Morgan fingerprint density at radius 2 is 2.19 bits per heavy atom. The van der Waals surface area contributed by atoms with Gasteiger partial charge in [-0.1, -0.05) is 0 Å². The molecule has 2 aliphatic heterocycles. The van der Waals surface area contributed by atoms with Gasteiger partial charge in [0.2, 0.25) is 0 Å². The van der Waals surface area contributed by atoms with Gasteiger partial charge in [-0.15, -0.1) is 0 Å². The summed E-state index contributed by atoms with van der Waals surface area (Å²) in [6.45, 7) is 10.2. The summed E-state index contributed by atoms with van der Waals surface area (Å²) < 4.78 is 0. The van der Waals surface area contributed by atoms with Crippen LogP contribution in [0.3, 0.4) is 0 Å². The van der Waals surface area contributed by atoms with Crippen molar-refractivity contribution in [2.45, 2.75) is 26.3 Å². The molecule has 0 aromatic rings. The predicted molar refractivity (Wildman–Crippen MR) is 64.3 cm³/mol. The largest absolute Gasteiger partial charge is 0.328 e. The van der Waals surface area contributed by atoms with Crippen LogP contribution in [0.15, 0.2) is 0 Å². The summed E-state index contributed by atoms with van der Waals surface area (Å²) in [5.41, 5.74) is -0.00528. The Morgan fingerprint density at radius 1 is 1.50 bits per heavy atom. The van der Waals surface area contributed by atoms with E-state index < -0.39 is 0 Å². The van der Waals surface area contributed by atoms with Crippen LogP contribution in [0.1, 0.15) is 20.8 Å². The Morgan fingerprint density at radius 3 is 2.75 bits per heavy atom. The maximum atomic E-state index is 12.3. The number of amides is 2. The monoisotopic (exact) mass is 225 g/mol. The lowest BCUT2D eigenvalue weighted by Crippen LogP contribution is -2.51. The molecule has 0 aliphatic carbocycles. The summed E-state index contributed by atoms with van der Waals surface area (Å²) in [7, 11) is 1.88. The van der Waals surface area contributed by atoms with Gasteiger partial charge >= 0.3 is 6.03 Å². The number of carbonyl (C=O) groups excluding carboxylic acids is 1. The molecule has 1 N–H and O–H groups in total. The van der Waals surface area contributed by atoms with Crippen LogP contribution >= 0.6 is 0 Å². The highest BCUT2D eigenvalue weighted by Gasteiger charge is 2.51. The third-order valence-electron chi connectivity index (χ3n) is 4.39. The predicted octanol–water partition coefficient (Wildman–Crippen LogP) is 0.988. The number of carbonyl (C=O) groups is 1. The molecule has 2 amide bonds. The van der Waals surface area contributed by atoms with Gasteiger partial charge in [-0.25, -0.2) is 4.79 Å². The van der Waals surface area contributed by atoms with Gasteiger partial charge in [-0.3, -0.25) is 0 Å². The summed E-state index contributed by atoms with van der Waals surface area (Å²) in [5.74, 6) is 1.26. The molecule has 2 atom stereocenters. The summed E-state index contributed by atoms with van der Waals surface area (Å²) in [5, 5.41) is 3.43. The maximum Gasteiger partial charge on any atom is 0.320 e. The van der Waals surface area contributed by atoms with Crippen LogP contribution in [0.2, 0.25) is 0 Å². The molecule has 2 unspecified atom stereocenters. The molecule has 2 rings (SSSR count). The molecular formula is C12H23N3O. The summed E-state index contributed by atoms with van der Waals surface area (Å²) >= 11 is 0. The van der Waals surface area contributed by atoms with Gasteiger partial charge in [0.1, 0.15) is 0 Å². The first kappa shape index (κ1) is 11.7. The second-order valence-corrected chi connectivity index (χ2v) is 5.59. The zero-order valence-corrected chi connectivity index (χ0v) is 10.8. The Hall–Kier alpha value is -0.770. The first-order valence-corrected chi connectivity index (χ1v) is 6.22. The SMILES string of the molecule is CCN(C)C(=O)N1CC2CNCC2C1(C)C. The quantitative estimate of drug-likeness (QED) is 0.722. The first-order valence-electron chi connectivity index (χ1n) is 6.22. The van der Waals surface area contributed by atoms with E-state index >= 15 is 0 Å². The molecule has 0 spiro atoms. The van der Waals surface area contributed by atoms with E-state index in [9.17, 15) is 4.79 Å². The molecule has 0 aromatic carbocycles. The molecule has 92 valence electrons. The molecule has 16 heavy (non-hydrogen) atoms. The normalized spacial score (nSPS) is 31.6. The highest BCUT2D eigenvalue weighted by atomic mass is 16.2. The number of hydrogen-bond acceptors (Lipinski definition) is 2. The second kappa shape index (κ2) is 3.91. The smallest absolute Gasteiger partial charge is 0.320 e. The fraction of sp³-hybridized carbons (Fsp3) is 0.917. The van der Waals surface area contributed by atoms with Crippen molar-refractivity contribution in [1.29, 1.82) is 0 Å². The van der Waals surface area contributed by atoms with E-state index in [2.05, 4.69) is 24.1 Å². The number of rotatable bonds is 1. The van der Waals surface area contributed by atoms with Crippen molar-refractivity contribution in [3.05, 3.63) is 0 Å². The topological polar surface area (TPSA) is 35.6 Å². The molecule has 2 saturated heterocycles. The number of urea groups is 1. The third-order valence-corrected chi connectivity index (χ3v) is 4.39. The lowest BCUT2D eigenvalue weighted by molar-refractivity contribution is 0.120. The molecule has 4 nitrogen and oxygen atoms in total. The van der Waals surface area contributed by atoms with Crippen LogP contribution < -0.4 is 5.32 Å². The number of likely N-dealkylation sites (tertiary alicyclic amines) is 1. The fourth-order valence-electron chi connectivity index (χ4n) is 3.09. The minimum Gasteiger partial charge on any atom is -0.328 e. The molecular weight excluding hydrogens is 202 g/mol. The number of nitrogens with zero attached hydrogens (tertiary/aromatic N) is 2. The highest BCUT2D eigenvalue weighted by molar-refractivity contribution is 5.75. The van der Waals surface area contributed by atoms with Crippen LogP contribution in [-0.4, -0.2) is 54.6 Å². The van der Waals surface area contributed by atoms with E-state index in [0.29, 0.717) is 11.8 Å². The van der Waals surface area contributed by atoms with Gasteiger partial charge in [0, 0.05) is 38.8 Å². The molecule has 4 heteroatoms. The molecule has 0 bridgehead atoms. The van der Waals surface area contributed by atoms with Gasteiger partial charge in [-0.2, -0.15) is 0 Å². The number of fused-ring (bicyclic) bond motifs is 1. The maximum absolute atomic E-state index is 12.3. The van der Waals surface area contributed by atoms with E-state index in [-0.39, 0.29) is 11.6 Å². The highest BCUT2D eigenvalue weighted by Crippen LogP contribution is 2.40. The second-order valence-electron chi connectivity index (χ2n) is 5.59.